The third-order valence-corrected chi connectivity index (χ3v) is 0. The molecular formula is C9H24Al2O3. The summed E-state index contributed by atoms with van der Waals surface area (Å²) in [6.45, 7) is 12.8. The summed E-state index contributed by atoms with van der Waals surface area (Å²) in [5.74, 6) is 0. The van der Waals surface area contributed by atoms with Crippen molar-refractivity contribution in [1.29, 1.82) is 0 Å². The topological polar surface area (TPSA) is 85.5 Å². The first-order chi connectivity index (χ1) is 4.24. The van der Waals surface area contributed by atoms with Gasteiger partial charge in [-0.2, -0.15) is 0 Å². The average Bonchev–Trinajstić information content (AvgIpc) is 1.70. The molecule has 0 N–H and O–H groups in total. The van der Waals surface area contributed by atoms with Crippen LogP contribution in [0.1, 0.15) is 60.8 Å². The van der Waals surface area contributed by atoms with Crippen molar-refractivity contribution < 1.29 is 16.4 Å². The Labute approximate surface area is 112 Å². The molecule has 0 unspecified atom stereocenters. The molecule has 0 saturated heterocycles. The Bertz CT molecular complexity index is 22.8. The van der Waals surface area contributed by atoms with E-state index in [9.17, 15) is 0 Å². The van der Waals surface area contributed by atoms with E-state index in [1.165, 1.54) is 19.3 Å². The van der Waals surface area contributed by atoms with Crippen LogP contribution in [-0.2, 0) is 16.4 Å². The summed E-state index contributed by atoms with van der Waals surface area (Å²) in [5.41, 5.74) is 0. The van der Waals surface area contributed by atoms with Gasteiger partial charge in [0, 0.05) is 0 Å². The Kier molecular flexibility index (Phi) is 646. The van der Waals surface area contributed by atoms with Crippen molar-refractivity contribution in [2.24, 2.45) is 0 Å². The third-order valence-electron chi connectivity index (χ3n) is 0. The van der Waals surface area contributed by atoms with Gasteiger partial charge in [0.25, 0.3) is 0 Å². The molecule has 0 amide bonds. The molecule has 0 bridgehead atoms. The fourth-order valence-electron chi connectivity index (χ4n) is 0. The maximum Gasteiger partial charge on any atom is 3.00 e. The second-order valence-corrected chi connectivity index (χ2v) is 2.12. The van der Waals surface area contributed by atoms with Gasteiger partial charge < -0.3 is 16.4 Å². The van der Waals surface area contributed by atoms with Gasteiger partial charge in [-0.3, -0.25) is 0 Å². The van der Waals surface area contributed by atoms with Crippen LogP contribution in [0.25, 0.3) is 0 Å². The van der Waals surface area contributed by atoms with E-state index in [2.05, 4.69) is 41.5 Å². The van der Waals surface area contributed by atoms with Gasteiger partial charge in [0.05, 0.1) is 0 Å². The Morgan fingerprint density at radius 3 is 0.429 bits per heavy atom. The van der Waals surface area contributed by atoms with E-state index in [0.29, 0.717) is 0 Å². The van der Waals surface area contributed by atoms with E-state index in [1.54, 1.807) is 0 Å². The van der Waals surface area contributed by atoms with Crippen molar-refractivity contribution in [3.05, 3.63) is 0 Å². The van der Waals surface area contributed by atoms with Crippen LogP contribution in [0.5, 0.6) is 0 Å². The molecule has 0 spiro atoms. The molecule has 0 saturated carbocycles. The standard InChI is InChI=1S/3C3H8.2Al.3O/c3*1-3-2;;;;;/h3*3H2,1-2H3;;;;;/q;;;2*+3;3*-2. The quantitative estimate of drug-likeness (QED) is 0.576. The fraction of sp³-hybridized carbons (Fsp3) is 1.00. The minimum absolute atomic E-state index is 0. The molecule has 84 valence electrons. The van der Waals surface area contributed by atoms with Crippen LogP contribution in [-0.4, -0.2) is 34.7 Å². The first kappa shape index (κ1) is 60.3. The van der Waals surface area contributed by atoms with E-state index in [0.717, 1.165) is 0 Å². The smallest absolute Gasteiger partial charge is 2.00 e. The van der Waals surface area contributed by atoms with Gasteiger partial charge in [-0.15, -0.1) is 0 Å². The van der Waals surface area contributed by atoms with Crippen LogP contribution in [0.2, 0.25) is 0 Å². The van der Waals surface area contributed by atoms with E-state index in [4.69, 9.17) is 0 Å². The van der Waals surface area contributed by atoms with Gasteiger partial charge in [0.15, 0.2) is 0 Å². The molecule has 0 aromatic heterocycles. The summed E-state index contributed by atoms with van der Waals surface area (Å²) < 4.78 is 0. The number of hydrogen-bond donors (Lipinski definition) is 0. The van der Waals surface area contributed by atoms with E-state index in [1.807, 2.05) is 0 Å². The second-order valence-electron chi connectivity index (χ2n) is 2.12. The minimum Gasteiger partial charge on any atom is -2.00 e. The molecule has 0 atom stereocenters. The monoisotopic (exact) mass is 234 g/mol. The van der Waals surface area contributed by atoms with Crippen molar-refractivity contribution in [3.8, 4) is 0 Å². The van der Waals surface area contributed by atoms with E-state index < -0.39 is 0 Å². The summed E-state index contributed by atoms with van der Waals surface area (Å²) in [5, 5.41) is 0. The normalized spacial score (nSPS) is 3.86. The van der Waals surface area contributed by atoms with Crippen LogP contribution in [0.3, 0.4) is 0 Å². The molecule has 0 aromatic carbocycles. The predicted octanol–water partition coefficient (Wildman–Crippen LogP) is 3.13. The second kappa shape index (κ2) is 150. The molecule has 0 aliphatic carbocycles. The van der Waals surface area contributed by atoms with Crippen molar-refractivity contribution in [2.45, 2.75) is 60.8 Å². The molecule has 0 aliphatic heterocycles. The first-order valence-electron chi connectivity index (χ1n) is 4.24. The van der Waals surface area contributed by atoms with Gasteiger partial charge in [0.1, 0.15) is 0 Å². The van der Waals surface area contributed by atoms with Crippen molar-refractivity contribution >= 4 is 34.7 Å². The van der Waals surface area contributed by atoms with E-state index in [-0.39, 0.29) is 51.2 Å². The maximum atomic E-state index is 2.12. The molecular weight excluding hydrogens is 210 g/mol. The van der Waals surface area contributed by atoms with Crippen LogP contribution < -0.4 is 0 Å². The van der Waals surface area contributed by atoms with Gasteiger partial charge in [-0.25, -0.2) is 0 Å². The summed E-state index contributed by atoms with van der Waals surface area (Å²) in [7, 11) is 0. The molecule has 0 rings (SSSR count). The Balaban J connectivity index is -0.00000000545. The maximum absolute atomic E-state index is 2.12. The molecule has 0 heterocycles. The van der Waals surface area contributed by atoms with Crippen LogP contribution in [0.15, 0.2) is 0 Å². The molecule has 14 heavy (non-hydrogen) atoms. The van der Waals surface area contributed by atoms with Crippen molar-refractivity contribution in [1.82, 2.24) is 0 Å². The zero-order chi connectivity index (χ0) is 8.12. The zero-order valence-corrected chi connectivity index (χ0v) is 12.8. The van der Waals surface area contributed by atoms with E-state index >= 15 is 0 Å². The number of rotatable bonds is 0. The molecule has 0 aliphatic rings. The van der Waals surface area contributed by atoms with Crippen molar-refractivity contribution in [2.75, 3.05) is 0 Å². The first-order valence-corrected chi connectivity index (χ1v) is 4.24. The van der Waals surface area contributed by atoms with Crippen LogP contribution in [0.4, 0.5) is 0 Å². The zero-order valence-electron chi connectivity index (χ0n) is 10.5. The van der Waals surface area contributed by atoms with Crippen LogP contribution >= 0.6 is 0 Å². The van der Waals surface area contributed by atoms with Gasteiger partial charge in [-0.05, 0) is 0 Å². The molecule has 5 heteroatoms. The summed E-state index contributed by atoms with van der Waals surface area (Å²) in [6, 6.07) is 0. The SMILES string of the molecule is CCC.CCC.CCC.[Al+3].[Al+3].[O-2].[O-2].[O-2]. The minimum atomic E-state index is 0. The molecule has 0 fully saturated rings. The largest absolute Gasteiger partial charge is 3.00 e. The molecule has 0 aromatic rings. The van der Waals surface area contributed by atoms with Gasteiger partial charge in [-0.1, -0.05) is 60.8 Å². The average molecular weight is 234 g/mol. The fourth-order valence-corrected chi connectivity index (χ4v) is 0. The van der Waals surface area contributed by atoms with Crippen molar-refractivity contribution in [3.63, 3.8) is 0 Å². The number of hydrogen-bond acceptors (Lipinski definition) is 0. The Morgan fingerprint density at radius 1 is 0.429 bits per heavy atom. The summed E-state index contributed by atoms with van der Waals surface area (Å²) in [6.07, 6.45) is 3.75. The Morgan fingerprint density at radius 2 is 0.429 bits per heavy atom. The third kappa shape index (κ3) is 2070. The van der Waals surface area contributed by atoms with Crippen LogP contribution in [0, 0.1) is 0 Å². The summed E-state index contributed by atoms with van der Waals surface area (Å²) >= 11 is 0. The Hall–Kier alpha value is 0.945. The van der Waals surface area contributed by atoms with Gasteiger partial charge >= 0.3 is 34.7 Å². The molecule has 3 nitrogen and oxygen atoms in total. The predicted molar refractivity (Wildman–Crippen MR) is 61.5 cm³/mol. The molecule has 0 radical (unpaired) electrons. The van der Waals surface area contributed by atoms with Gasteiger partial charge in [0.2, 0.25) is 0 Å². The summed E-state index contributed by atoms with van der Waals surface area (Å²) in [4.78, 5) is 0.